The molecule has 0 aromatic heterocycles. The van der Waals surface area contributed by atoms with Gasteiger partial charge in [-0.05, 0) is 57.2 Å². The zero-order valence-electron chi connectivity index (χ0n) is 10.5. The molecule has 90 valence electrons. The number of nitriles is 1. The van der Waals surface area contributed by atoms with Crippen LogP contribution in [0.15, 0.2) is 24.3 Å². The van der Waals surface area contributed by atoms with Gasteiger partial charge in [0.2, 0.25) is 0 Å². The van der Waals surface area contributed by atoms with Crippen molar-refractivity contribution in [2.24, 2.45) is 5.92 Å². The van der Waals surface area contributed by atoms with E-state index < -0.39 is 0 Å². The molecular formula is C14H19N3. The average molecular weight is 229 g/mol. The Labute approximate surface area is 103 Å². The van der Waals surface area contributed by atoms with Crippen molar-refractivity contribution in [3.8, 4) is 6.07 Å². The van der Waals surface area contributed by atoms with Gasteiger partial charge in [-0.2, -0.15) is 5.26 Å². The highest BCUT2D eigenvalue weighted by Gasteiger charge is 2.32. The highest BCUT2D eigenvalue weighted by Crippen LogP contribution is 2.35. The van der Waals surface area contributed by atoms with Crippen molar-refractivity contribution in [3.05, 3.63) is 35.4 Å². The molecule has 2 unspecified atom stereocenters. The predicted molar refractivity (Wildman–Crippen MR) is 68.6 cm³/mol. The van der Waals surface area contributed by atoms with E-state index in [0.717, 1.165) is 18.7 Å². The first kappa shape index (κ1) is 12.1. The summed E-state index contributed by atoms with van der Waals surface area (Å²) < 4.78 is 0. The smallest absolute Gasteiger partial charge is 0.0991 e. The van der Waals surface area contributed by atoms with Crippen LogP contribution in [-0.4, -0.2) is 32.1 Å². The molecule has 17 heavy (non-hydrogen) atoms. The molecule has 1 fully saturated rings. The molecule has 0 bridgehead atoms. The van der Waals surface area contributed by atoms with Gasteiger partial charge in [0.05, 0.1) is 11.6 Å². The van der Waals surface area contributed by atoms with Crippen molar-refractivity contribution < 1.29 is 0 Å². The number of hydrogen-bond donors (Lipinski definition) is 1. The maximum absolute atomic E-state index is 8.96. The van der Waals surface area contributed by atoms with Crippen molar-refractivity contribution in [1.29, 1.82) is 5.26 Å². The Morgan fingerprint density at radius 2 is 2.35 bits per heavy atom. The van der Waals surface area contributed by atoms with Gasteiger partial charge in [0.15, 0.2) is 0 Å². The van der Waals surface area contributed by atoms with Crippen LogP contribution in [0.3, 0.4) is 0 Å². The molecule has 1 saturated heterocycles. The van der Waals surface area contributed by atoms with Crippen LogP contribution >= 0.6 is 0 Å². The summed E-state index contributed by atoms with van der Waals surface area (Å²) in [6.45, 7) is 2.17. The lowest BCUT2D eigenvalue weighted by Crippen LogP contribution is -2.26. The lowest BCUT2D eigenvalue weighted by Gasteiger charge is -2.25. The summed E-state index contributed by atoms with van der Waals surface area (Å²) >= 11 is 0. The molecule has 1 aliphatic heterocycles. The van der Waals surface area contributed by atoms with Gasteiger partial charge in [0.25, 0.3) is 0 Å². The molecule has 0 spiro atoms. The molecule has 0 radical (unpaired) electrons. The summed E-state index contributed by atoms with van der Waals surface area (Å²) in [5.41, 5.74) is 2.02. The van der Waals surface area contributed by atoms with Crippen molar-refractivity contribution in [3.63, 3.8) is 0 Å². The molecule has 0 amide bonds. The Kier molecular flexibility index (Phi) is 3.78. The van der Waals surface area contributed by atoms with E-state index in [2.05, 4.69) is 29.4 Å². The van der Waals surface area contributed by atoms with Gasteiger partial charge in [0.1, 0.15) is 0 Å². The quantitative estimate of drug-likeness (QED) is 0.858. The van der Waals surface area contributed by atoms with Crippen LogP contribution in [0.25, 0.3) is 0 Å². The highest BCUT2D eigenvalue weighted by molar-refractivity contribution is 5.34. The van der Waals surface area contributed by atoms with Crippen molar-refractivity contribution in [1.82, 2.24) is 10.2 Å². The van der Waals surface area contributed by atoms with E-state index in [4.69, 9.17) is 5.26 Å². The fourth-order valence-corrected chi connectivity index (χ4v) is 2.82. The summed E-state index contributed by atoms with van der Waals surface area (Å²) in [5, 5.41) is 12.2. The monoisotopic (exact) mass is 229 g/mol. The first-order chi connectivity index (χ1) is 8.26. The van der Waals surface area contributed by atoms with E-state index in [1.807, 2.05) is 25.2 Å². The number of benzene rings is 1. The lowest BCUT2D eigenvalue weighted by atomic mass is 9.93. The van der Waals surface area contributed by atoms with Crippen LogP contribution in [0.2, 0.25) is 0 Å². The number of nitrogens with zero attached hydrogens (tertiary/aromatic N) is 2. The summed E-state index contributed by atoms with van der Waals surface area (Å²) in [6, 6.07) is 10.7. The van der Waals surface area contributed by atoms with Crippen molar-refractivity contribution in [2.75, 3.05) is 27.2 Å². The van der Waals surface area contributed by atoms with E-state index in [-0.39, 0.29) is 0 Å². The normalized spacial score (nSPS) is 24.8. The molecule has 0 saturated carbocycles. The largest absolute Gasteiger partial charge is 0.319 e. The van der Waals surface area contributed by atoms with Crippen LogP contribution < -0.4 is 5.32 Å². The second kappa shape index (κ2) is 5.31. The average Bonchev–Trinajstić information content (AvgIpc) is 2.71. The molecular weight excluding hydrogens is 210 g/mol. The second-order valence-electron chi connectivity index (χ2n) is 4.77. The van der Waals surface area contributed by atoms with E-state index >= 15 is 0 Å². The van der Waals surface area contributed by atoms with Gasteiger partial charge in [-0.25, -0.2) is 0 Å². The Morgan fingerprint density at radius 3 is 3.06 bits per heavy atom. The zero-order chi connectivity index (χ0) is 12.3. The molecule has 1 aromatic carbocycles. The van der Waals surface area contributed by atoms with Gasteiger partial charge >= 0.3 is 0 Å². The standard InChI is InChI=1S/C14H19N3/c1-16-10-13-6-7-17(2)14(13)12-5-3-4-11(8-12)9-15/h3-5,8,13-14,16H,6-7,10H2,1-2H3. The minimum atomic E-state index is 0.441. The van der Waals surface area contributed by atoms with E-state index in [0.29, 0.717) is 12.0 Å². The maximum atomic E-state index is 8.96. The predicted octanol–water partition coefficient (Wildman–Crippen LogP) is 1.77. The third kappa shape index (κ3) is 2.49. The lowest BCUT2D eigenvalue weighted by molar-refractivity contribution is 0.274. The molecule has 1 N–H and O–H groups in total. The van der Waals surface area contributed by atoms with Crippen LogP contribution in [0.5, 0.6) is 0 Å². The van der Waals surface area contributed by atoms with Crippen LogP contribution in [-0.2, 0) is 0 Å². The summed E-state index contributed by atoms with van der Waals surface area (Å²) in [5.74, 6) is 0.638. The first-order valence-corrected chi connectivity index (χ1v) is 6.11. The topological polar surface area (TPSA) is 39.1 Å². The van der Waals surface area contributed by atoms with Gasteiger partial charge in [-0.1, -0.05) is 12.1 Å². The minimum Gasteiger partial charge on any atom is -0.319 e. The number of nitrogens with one attached hydrogen (secondary N) is 1. The summed E-state index contributed by atoms with van der Waals surface area (Å²) in [4.78, 5) is 2.39. The molecule has 2 rings (SSSR count). The third-order valence-electron chi connectivity index (χ3n) is 3.60. The van der Waals surface area contributed by atoms with E-state index in [1.54, 1.807) is 0 Å². The summed E-state index contributed by atoms with van der Waals surface area (Å²) in [6.07, 6.45) is 1.22. The Morgan fingerprint density at radius 1 is 1.53 bits per heavy atom. The highest BCUT2D eigenvalue weighted by atomic mass is 15.2. The first-order valence-electron chi connectivity index (χ1n) is 6.11. The van der Waals surface area contributed by atoms with Crippen molar-refractivity contribution in [2.45, 2.75) is 12.5 Å². The van der Waals surface area contributed by atoms with Crippen molar-refractivity contribution >= 4 is 0 Å². The van der Waals surface area contributed by atoms with Gasteiger partial charge in [0, 0.05) is 6.04 Å². The Balaban J connectivity index is 2.26. The molecule has 1 aromatic rings. The molecule has 1 heterocycles. The Bertz CT molecular complexity index is 420. The molecule has 3 nitrogen and oxygen atoms in total. The zero-order valence-corrected chi connectivity index (χ0v) is 10.5. The molecule has 1 aliphatic rings. The van der Waals surface area contributed by atoms with Gasteiger partial charge in [-0.15, -0.1) is 0 Å². The SMILES string of the molecule is CNCC1CCN(C)C1c1cccc(C#N)c1. The van der Waals surface area contributed by atoms with E-state index in [9.17, 15) is 0 Å². The van der Waals surface area contributed by atoms with Crippen LogP contribution in [0, 0.1) is 17.2 Å². The van der Waals surface area contributed by atoms with E-state index in [1.165, 1.54) is 12.0 Å². The summed E-state index contributed by atoms with van der Waals surface area (Å²) in [7, 11) is 4.17. The van der Waals surface area contributed by atoms with Crippen LogP contribution in [0.1, 0.15) is 23.6 Å². The second-order valence-corrected chi connectivity index (χ2v) is 4.77. The maximum Gasteiger partial charge on any atom is 0.0991 e. The van der Waals surface area contributed by atoms with Gasteiger partial charge < -0.3 is 5.32 Å². The van der Waals surface area contributed by atoms with Crippen LogP contribution in [0.4, 0.5) is 0 Å². The minimum absolute atomic E-state index is 0.441. The Hall–Kier alpha value is -1.37. The third-order valence-corrected chi connectivity index (χ3v) is 3.60. The molecule has 3 heteroatoms. The fraction of sp³-hybridized carbons (Fsp3) is 0.500. The van der Waals surface area contributed by atoms with Gasteiger partial charge in [-0.3, -0.25) is 4.90 Å². The number of rotatable bonds is 3. The molecule has 0 aliphatic carbocycles. The molecule has 2 atom stereocenters. The number of likely N-dealkylation sites (tertiary alicyclic amines) is 1. The number of hydrogen-bond acceptors (Lipinski definition) is 3. The fourth-order valence-electron chi connectivity index (χ4n) is 2.82.